The third-order valence-corrected chi connectivity index (χ3v) is 4.65. The van der Waals surface area contributed by atoms with E-state index >= 15 is 0 Å². The molecule has 104 valence electrons. The van der Waals surface area contributed by atoms with Crippen molar-refractivity contribution in [3.8, 4) is 0 Å². The topological polar surface area (TPSA) is 33.7 Å². The molecule has 18 heavy (non-hydrogen) atoms. The highest BCUT2D eigenvalue weighted by atomic mass is 16.6. The van der Waals surface area contributed by atoms with Crippen molar-refractivity contribution in [2.24, 2.45) is 0 Å². The fourth-order valence-electron chi connectivity index (χ4n) is 3.50. The van der Waals surface area contributed by atoms with Crippen LogP contribution in [-0.4, -0.2) is 62.5 Å². The van der Waals surface area contributed by atoms with Crippen molar-refractivity contribution in [1.29, 1.82) is 0 Å². The molecule has 1 spiro atoms. The van der Waals surface area contributed by atoms with Crippen molar-refractivity contribution < 1.29 is 9.47 Å². The molecule has 3 aliphatic heterocycles. The van der Waals surface area contributed by atoms with Crippen molar-refractivity contribution in [2.45, 2.75) is 43.8 Å². The molecule has 4 heteroatoms. The number of nitrogens with zero attached hydrogens (tertiary/aromatic N) is 1. The van der Waals surface area contributed by atoms with Crippen molar-refractivity contribution in [3.63, 3.8) is 0 Å². The zero-order valence-electron chi connectivity index (χ0n) is 11.3. The van der Waals surface area contributed by atoms with Gasteiger partial charge in [0, 0.05) is 13.0 Å². The summed E-state index contributed by atoms with van der Waals surface area (Å²) in [7, 11) is 0. The standard InChI is InChI=1S/C14H26N2O2/c1-2-8-16(7-1)9-10-17-13-11-14(18-12-13)3-5-15-6-4-14/h13,15H,1-12H2. The average molecular weight is 254 g/mol. The summed E-state index contributed by atoms with van der Waals surface area (Å²) < 4.78 is 12.0. The second-order valence-corrected chi connectivity index (χ2v) is 5.99. The van der Waals surface area contributed by atoms with E-state index in [0.717, 1.165) is 52.1 Å². The molecule has 0 saturated carbocycles. The molecule has 0 aromatic heterocycles. The first-order valence-corrected chi connectivity index (χ1v) is 7.55. The molecular weight excluding hydrogens is 228 g/mol. The molecule has 0 aromatic carbocycles. The Morgan fingerprint density at radius 2 is 2.00 bits per heavy atom. The van der Waals surface area contributed by atoms with E-state index in [9.17, 15) is 0 Å². The van der Waals surface area contributed by atoms with E-state index in [0.29, 0.717) is 6.10 Å². The van der Waals surface area contributed by atoms with E-state index in [4.69, 9.17) is 9.47 Å². The molecule has 0 aromatic rings. The minimum Gasteiger partial charge on any atom is -0.374 e. The van der Waals surface area contributed by atoms with Crippen LogP contribution in [0.1, 0.15) is 32.1 Å². The second kappa shape index (κ2) is 5.87. The van der Waals surface area contributed by atoms with E-state index in [1.807, 2.05) is 0 Å². The van der Waals surface area contributed by atoms with Crippen molar-refractivity contribution >= 4 is 0 Å². The Kier molecular flexibility index (Phi) is 4.19. The molecule has 3 heterocycles. The zero-order valence-corrected chi connectivity index (χ0v) is 11.3. The summed E-state index contributed by atoms with van der Waals surface area (Å²) in [6.45, 7) is 7.51. The lowest BCUT2D eigenvalue weighted by atomic mass is 9.89. The predicted octanol–water partition coefficient (Wildman–Crippen LogP) is 1.01. The molecule has 0 aliphatic carbocycles. The number of hydrogen-bond acceptors (Lipinski definition) is 4. The van der Waals surface area contributed by atoms with E-state index in [1.165, 1.54) is 25.9 Å². The molecule has 3 fully saturated rings. The van der Waals surface area contributed by atoms with E-state index in [1.54, 1.807) is 0 Å². The van der Waals surface area contributed by atoms with Gasteiger partial charge in [0.05, 0.1) is 24.9 Å². The average Bonchev–Trinajstić information content (AvgIpc) is 3.02. The van der Waals surface area contributed by atoms with Gasteiger partial charge in [0.1, 0.15) is 0 Å². The second-order valence-electron chi connectivity index (χ2n) is 5.99. The molecule has 3 rings (SSSR count). The molecule has 4 nitrogen and oxygen atoms in total. The van der Waals surface area contributed by atoms with E-state index in [2.05, 4.69) is 10.2 Å². The van der Waals surface area contributed by atoms with Crippen LogP contribution in [0.2, 0.25) is 0 Å². The predicted molar refractivity (Wildman–Crippen MR) is 70.8 cm³/mol. The number of hydrogen-bond donors (Lipinski definition) is 1. The lowest BCUT2D eigenvalue weighted by molar-refractivity contribution is -0.0237. The van der Waals surface area contributed by atoms with Gasteiger partial charge in [-0.05, 0) is 51.9 Å². The number of likely N-dealkylation sites (tertiary alicyclic amines) is 1. The van der Waals surface area contributed by atoms with Gasteiger partial charge < -0.3 is 19.7 Å². The van der Waals surface area contributed by atoms with Crippen LogP contribution < -0.4 is 5.32 Å². The first kappa shape index (κ1) is 12.9. The molecule has 0 radical (unpaired) electrons. The minimum atomic E-state index is 0.142. The minimum absolute atomic E-state index is 0.142. The van der Waals surface area contributed by atoms with E-state index in [-0.39, 0.29) is 5.60 Å². The summed E-state index contributed by atoms with van der Waals surface area (Å²) >= 11 is 0. The van der Waals surface area contributed by atoms with Crippen LogP contribution in [0.3, 0.4) is 0 Å². The largest absolute Gasteiger partial charge is 0.374 e. The van der Waals surface area contributed by atoms with Gasteiger partial charge in [0.25, 0.3) is 0 Å². The Bertz CT molecular complexity index is 261. The third kappa shape index (κ3) is 3.05. The maximum absolute atomic E-state index is 6.04. The lowest BCUT2D eigenvalue weighted by Gasteiger charge is -2.32. The van der Waals surface area contributed by atoms with Gasteiger partial charge in [-0.3, -0.25) is 0 Å². The normalized spacial score (nSPS) is 32.3. The summed E-state index contributed by atoms with van der Waals surface area (Å²) in [5.41, 5.74) is 0.142. The molecule has 3 saturated heterocycles. The Morgan fingerprint density at radius 3 is 2.78 bits per heavy atom. The first-order chi connectivity index (χ1) is 8.86. The number of rotatable bonds is 4. The molecule has 1 N–H and O–H groups in total. The molecule has 0 bridgehead atoms. The Morgan fingerprint density at radius 1 is 1.22 bits per heavy atom. The molecule has 3 aliphatic rings. The highest BCUT2D eigenvalue weighted by Gasteiger charge is 2.41. The Hall–Kier alpha value is -0.160. The van der Waals surface area contributed by atoms with Crippen LogP contribution >= 0.6 is 0 Å². The first-order valence-electron chi connectivity index (χ1n) is 7.55. The smallest absolute Gasteiger partial charge is 0.0836 e. The Balaban J connectivity index is 1.36. The molecule has 0 amide bonds. The van der Waals surface area contributed by atoms with Gasteiger partial charge in [-0.1, -0.05) is 0 Å². The maximum Gasteiger partial charge on any atom is 0.0836 e. The van der Waals surface area contributed by atoms with Gasteiger partial charge in [-0.15, -0.1) is 0 Å². The van der Waals surface area contributed by atoms with Gasteiger partial charge in [-0.25, -0.2) is 0 Å². The van der Waals surface area contributed by atoms with Crippen LogP contribution in [0.5, 0.6) is 0 Å². The van der Waals surface area contributed by atoms with Gasteiger partial charge >= 0.3 is 0 Å². The summed E-state index contributed by atoms with van der Waals surface area (Å²) in [6, 6.07) is 0. The number of nitrogens with one attached hydrogen (secondary N) is 1. The van der Waals surface area contributed by atoms with E-state index < -0.39 is 0 Å². The summed E-state index contributed by atoms with van der Waals surface area (Å²) in [4.78, 5) is 2.51. The molecule has 1 unspecified atom stereocenters. The summed E-state index contributed by atoms with van der Waals surface area (Å²) in [6.07, 6.45) is 6.48. The van der Waals surface area contributed by atoms with Crippen LogP contribution in [0.15, 0.2) is 0 Å². The third-order valence-electron chi connectivity index (χ3n) is 4.65. The number of piperidine rings is 1. The molecular formula is C14H26N2O2. The van der Waals surface area contributed by atoms with Gasteiger partial charge in [0.2, 0.25) is 0 Å². The van der Waals surface area contributed by atoms with Crippen molar-refractivity contribution in [2.75, 3.05) is 45.9 Å². The quantitative estimate of drug-likeness (QED) is 0.812. The SMILES string of the molecule is C1CCN(CCOC2COC3(CCNCC3)C2)C1. The van der Waals surface area contributed by atoms with Gasteiger partial charge in [0.15, 0.2) is 0 Å². The van der Waals surface area contributed by atoms with Crippen LogP contribution in [0.4, 0.5) is 0 Å². The molecule has 1 atom stereocenters. The fourth-order valence-corrected chi connectivity index (χ4v) is 3.50. The maximum atomic E-state index is 6.04. The highest BCUT2D eigenvalue weighted by Crippen LogP contribution is 2.35. The fraction of sp³-hybridized carbons (Fsp3) is 1.00. The number of ether oxygens (including phenoxy) is 2. The zero-order chi connectivity index (χ0) is 12.3. The Labute approximate surface area is 110 Å². The highest BCUT2D eigenvalue weighted by molar-refractivity contribution is 4.93. The monoisotopic (exact) mass is 254 g/mol. The van der Waals surface area contributed by atoms with Crippen molar-refractivity contribution in [1.82, 2.24) is 10.2 Å². The summed E-state index contributed by atoms with van der Waals surface area (Å²) in [5, 5.41) is 3.40. The van der Waals surface area contributed by atoms with Crippen LogP contribution in [-0.2, 0) is 9.47 Å². The van der Waals surface area contributed by atoms with Crippen LogP contribution in [0, 0.1) is 0 Å². The van der Waals surface area contributed by atoms with Gasteiger partial charge in [-0.2, -0.15) is 0 Å². The summed E-state index contributed by atoms with van der Waals surface area (Å²) in [5.74, 6) is 0. The van der Waals surface area contributed by atoms with Crippen LogP contribution in [0.25, 0.3) is 0 Å². The lowest BCUT2D eigenvalue weighted by Crippen LogP contribution is -2.41. The van der Waals surface area contributed by atoms with Crippen molar-refractivity contribution in [3.05, 3.63) is 0 Å².